The highest BCUT2D eigenvalue weighted by atomic mass is 79.9. The van der Waals surface area contributed by atoms with Gasteiger partial charge in [0.25, 0.3) is 0 Å². The maximum atomic E-state index is 12.5. The molecule has 0 unspecified atom stereocenters. The third-order valence-corrected chi connectivity index (χ3v) is 8.24. The number of hydrogen-bond donors (Lipinski definition) is 2. The lowest BCUT2D eigenvalue weighted by Crippen LogP contribution is -3.00. The molecular formula is C29H34BrNO3. The largest absolute Gasteiger partial charge is 1.00 e. The predicted molar refractivity (Wildman–Crippen MR) is 130 cm³/mol. The molecule has 0 aliphatic carbocycles. The molecule has 0 amide bonds. The van der Waals surface area contributed by atoms with E-state index < -0.39 is 5.60 Å². The number of aromatic hydroxyl groups is 1. The van der Waals surface area contributed by atoms with Crippen molar-refractivity contribution in [3.05, 3.63) is 96.1 Å². The van der Waals surface area contributed by atoms with Crippen molar-refractivity contribution in [2.75, 3.05) is 32.8 Å². The first kappa shape index (κ1) is 24.8. The average Bonchev–Trinajstić information content (AvgIpc) is 2.89. The van der Waals surface area contributed by atoms with E-state index in [0.717, 1.165) is 67.5 Å². The average molecular weight is 524 g/mol. The second-order valence-corrected chi connectivity index (χ2v) is 9.88. The normalized spacial score (nSPS) is 23.8. The molecule has 3 aromatic rings. The lowest BCUT2D eigenvalue weighted by atomic mass is 9.56. The van der Waals surface area contributed by atoms with E-state index in [1.807, 2.05) is 48.5 Å². The van der Waals surface area contributed by atoms with Gasteiger partial charge in [0.15, 0.2) is 11.5 Å². The highest BCUT2D eigenvalue weighted by Crippen LogP contribution is 2.57. The van der Waals surface area contributed by atoms with Crippen LogP contribution >= 0.6 is 0 Å². The Balaban J connectivity index is 0.00000274. The molecule has 3 heterocycles. The lowest BCUT2D eigenvalue weighted by molar-refractivity contribution is -0.946. The van der Waals surface area contributed by atoms with Gasteiger partial charge in [0.1, 0.15) is 5.60 Å². The van der Waals surface area contributed by atoms with Crippen molar-refractivity contribution < 1.29 is 36.4 Å². The summed E-state index contributed by atoms with van der Waals surface area (Å²) < 4.78 is 6.94. The number of benzene rings is 3. The third-order valence-electron chi connectivity index (χ3n) is 8.24. The van der Waals surface area contributed by atoms with Crippen molar-refractivity contribution in [3.8, 4) is 11.5 Å². The first-order valence-corrected chi connectivity index (χ1v) is 12.2. The molecule has 3 aromatic carbocycles. The van der Waals surface area contributed by atoms with Crippen LogP contribution in [0.1, 0.15) is 36.8 Å². The van der Waals surface area contributed by atoms with Crippen LogP contribution in [0, 0.1) is 5.41 Å². The summed E-state index contributed by atoms with van der Waals surface area (Å²) >= 11 is 0. The number of piperidine rings is 3. The van der Waals surface area contributed by atoms with Gasteiger partial charge >= 0.3 is 0 Å². The fraction of sp³-hybridized carbons (Fsp3) is 0.379. The molecule has 2 N–H and O–H groups in total. The van der Waals surface area contributed by atoms with Crippen LogP contribution in [0.5, 0.6) is 11.5 Å². The summed E-state index contributed by atoms with van der Waals surface area (Å²) in [6.45, 7) is 4.98. The molecule has 3 aliphatic rings. The molecule has 2 bridgehead atoms. The van der Waals surface area contributed by atoms with Gasteiger partial charge in [-0.3, -0.25) is 0 Å². The quantitative estimate of drug-likeness (QED) is 0.351. The number of rotatable bonds is 8. The number of ether oxygens (including phenoxy) is 1. The number of fused-ring (bicyclic) bond motifs is 3. The van der Waals surface area contributed by atoms with Gasteiger partial charge in [0.05, 0.1) is 32.8 Å². The first-order chi connectivity index (χ1) is 16.1. The Hall–Kier alpha value is -2.34. The molecule has 6 rings (SSSR count). The zero-order chi connectivity index (χ0) is 22.8. The molecule has 5 heteroatoms. The number of hydrogen-bond acceptors (Lipinski definition) is 3. The monoisotopic (exact) mass is 523 g/mol. The fourth-order valence-electron chi connectivity index (χ4n) is 6.24. The van der Waals surface area contributed by atoms with Crippen LogP contribution < -0.4 is 21.7 Å². The number of quaternary nitrogens is 1. The van der Waals surface area contributed by atoms with Crippen LogP contribution in [0.15, 0.2) is 84.9 Å². The molecular weight excluding hydrogens is 490 g/mol. The second-order valence-electron chi connectivity index (χ2n) is 9.88. The number of phenolic OH excluding ortho intramolecular Hbond substituents is 1. The number of nitrogens with zero attached hydrogens (tertiary/aromatic N) is 1. The van der Waals surface area contributed by atoms with Crippen molar-refractivity contribution in [1.82, 2.24) is 0 Å². The van der Waals surface area contributed by atoms with Crippen LogP contribution in [0.25, 0.3) is 0 Å². The van der Waals surface area contributed by atoms with Gasteiger partial charge in [0, 0.05) is 31.1 Å². The minimum atomic E-state index is -0.972. The molecule has 0 radical (unpaired) electrons. The summed E-state index contributed by atoms with van der Waals surface area (Å²) in [6.07, 6.45) is 4.03. The first-order valence-electron chi connectivity index (χ1n) is 12.2. The van der Waals surface area contributed by atoms with Gasteiger partial charge in [0.2, 0.25) is 0 Å². The number of halogens is 1. The Morgan fingerprint density at radius 3 is 1.79 bits per heavy atom. The Kier molecular flexibility index (Phi) is 7.36. The van der Waals surface area contributed by atoms with Crippen LogP contribution in [0.3, 0.4) is 0 Å². The fourth-order valence-corrected chi connectivity index (χ4v) is 6.24. The van der Waals surface area contributed by atoms with Gasteiger partial charge < -0.3 is 36.4 Å². The van der Waals surface area contributed by atoms with Crippen molar-refractivity contribution >= 4 is 0 Å². The van der Waals surface area contributed by atoms with Crippen molar-refractivity contribution in [2.24, 2.45) is 5.41 Å². The number of phenols is 1. The lowest BCUT2D eigenvalue weighted by Gasteiger charge is -2.60. The molecule has 0 aromatic heterocycles. The maximum absolute atomic E-state index is 12.5. The van der Waals surface area contributed by atoms with E-state index in [4.69, 9.17) is 4.74 Å². The standard InChI is InChI=1S/C29H33NO3.BrH/c31-26-14-7-8-15-27(26)33-23-9-19-30-20-16-28(17-21-30,18-22-30)29(32,24-10-3-1-4-11-24)25-12-5-2-6-13-25;/h1-8,10-15,32H,9,16-23H2;1H. The zero-order valence-electron chi connectivity index (χ0n) is 19.6. The van der Waals surface area contributed by atoms with Crippen molar-refractivity contribution in [1.29, 1.82) is 0 Å². The van der Waals surface area contributed by atoms with Gasteiger partial charge in [-0.15, -0.1) is 0 Å². The summed E-state index contributed by atoms with van der Waals surface area (Å²) in [6, 6.07) is 27.7. The highest BCUT2D eigenvalue weighted by molar-refractivity contribution is 5.40. The van der Waals surface area contributed by atoms with E-state index in [2.05, 4.69) is 24.3 Å². The minimum absolute atomic E-state index is 0. The predicted octanol–water partition coefficient (Wildman–Crippen LogP) is 2.10. The topological polar surface area (TPSA) is 49.7 Å². The van der Waals surface area contributed by atoms with Gasteiger partial charge in [-0.1, -0.05) is 72.8 Å². The van der Waals surface area contributed by atoms with Crippen molar-refractivity contribution in [2.45, 2.75) is 31.3 Å². The molecule has 180 valence electrons. The van der Waals surface area contributed by atoms with E-state index >= 15 is 0 Å². The SMILES string of the molecule is Oc1ccccc1OCCC[N+]12CCC(C(O)(c3ccccc3)c3ccccc3)(CC1)CC2.[Br-]. The summed E-state index contributed by atoms with van der Waals surface area (Å²) in [4.78, 5) is 0. The second kappa shape index (κ2) is 10.1. The Morgan fingerprint density at radius 1 is 0.765 bits per heavy atom. The van der Waals surface area contributed by atoms with Crippen molar-refractivity contribution in [3.63, 3.8) is 0 Å². The maximum Gasteiger partial charge on any atom is 0.160 e. The van der Waals surface area contributed by atoms with Gasteiger partial charge in [-0.2, -0.15) is 0 Å². The Labute approximate surface area is 213 Å². The van der Waals surface area contributed by atoms with E-state index in [0.29, 0.717) is 12.4 Å². The van der Waals surface area contributed by atoms with Crippen LogP contribution in [-0.4, -0.2) is 47.5 Å². The molecule has 4 nitrogen and oxygen atoms in total. The summed E-state index contributed by atoms with van der Waals surface area (Å²) in [5.74, 6) is 0.760. The van der Waals surface area contributed by atoms with Gasteiger partial charge in [-0.05, 0) is 23.3 Å². The summed E-state index contributed by atoms with van der Waals surface area (Å²) in [5, 5.41) is 22.4. The molecule has 0 atom stereocenters. The molecule has 0 spiro atoms. The highest BCUT2D eigenvalue weighted by Gasteiger charge is 2.60. The van der Waals surface area contributed by atoms with E-state index in [9.17, 15) is 10.2 Å². The number of para-hydroxylation sites is 2. The zero-order valence-corrected chi connectivity index (χ0v) is 21.2. The smallest absolute Gasteiger partial charge is 0.160 e. The Bertz CT molecular complexity index is 1010. The van der Waals surface area contributed by atoms with E-state index in [1.165, 1.54) is 0 Å². The van der Waals surface area contributed by atoms with Crippen LogP contribution in [0.4, 0.5) is 0 Å². The molecule has 34 heavy (non-hydrogen) atoms. The third kappa shape index (κ3) is 4.37. The van der Waals surface area contributed by atoms with Crippen LogP contribution in [0.2, 0.25) is 0 Å². The summed E-state index contributed by atoms with van der Waals surface area (Å²) in [5.41, 5.74) is 0.908. The molecule has 0 saturated carbocycles. The molecule has 3 saturated heterocycles. The van der Waals surface area contributed by atoms with E-state index in [1.54, 1.807) is 12.1 Å². The summed E-state index contributed by atoms with van der Waals surface area (Å²) in [7, 11) is 0. The van der Waals surface area contributed by atoms with Crippen LogP contribution in [-0.2, 0) is 5.60 Å². The van der Waals surface area contributed by atoms with Gasteiger partial charge in [-0.25, -0.2) is 0 Å². The molecule has 3 fully saturated rings. The van der Waals surface area contributed by atoms with E-state index in [-0.39, 0.29) is 28.1 Å². The Morgan fingerprint density at radius 2 is 1.26 bits per heavy atom. The molecule has 3 aliphatic heterocycles. The number of aliphatic hydroxyl groups is 1. The minimum Gasteiger partial charge on any atom is -1.00 e.